The van der Waals surface area contributed by atoms with E-state index in [4.69, 9.17) is 0 Å². The highest BCUT2D eigenvalue weighted by Crippen LogP contribution is 1.97. The Kier molecular flexibility index (Phi) is 6.88. The summed E-state index contributed by atoms with van der Waals surface area (Å²) in [6, 6.07) is 11.6. The molecule has 0 fully saturated rings. The molecule has 7 heteroatoms. The Hall–Kier alpha value is -2.96. The fourth-order valence-electron chi connectivity index (χ4n) is 2.17. The Morgan fingerprint density at radius 1 is 1.00 bits per heavy atom. The van der Waals surface area contributed by atoms with E-state index in [2.05, 4.69) is 15.7 Å². The van der Waals surface area contributed by atoms with E-state index in [1.165, 1.54) is 16.8 Å². The second kappa shape index (κ2) is 9.36. The Balaban J connectivity index is 1.82. The maximum absolute atomic E-state index is 12.1. The molecule has 1 aromatic carbocycles. The normalized spacial score (nSPS) is 10.3. The average Bonchev–Trinajstić information content (AvgIpc) is 2.65. The van der Waals surface area contributed by atoms with Gasteiger partial charge in [0, 0.05) is 31.3 Å². The molecule has 1 heterocycles. The summed E-state index contributed by atoms with van der Waals surface area (Å²) < 4.78 is 1.30. The lowest BCUT2D eigenvalue weighted by molar-refractivity contribution is 0.0923. The standard InChI is InChI=1S/C18H22N4O3/c1-2-3-13-22-16(23)10-9-15(21-22)18(25)20-12-11-19-17(24)14-7-5-4-6-8-14/h4-10H,2-3,11-13H2,1H3,(H,19,24)(H,20,25). The van der Waals surface area contributed by atoms with E-state index in [0.717, 1.165) is 12.8 Å². The third kappa shape index (κ3) is 5.56. The Labute approximate surface area is 146 Å². The SMILES string of the molecule is CCCCn1nc(C(=O)NCCNC(=O)c2ccccc2)ccc1=O. The molecule has 0 bridgehead atoms. The summed E-state index contributed by atoms with van der Waals surface area (Å²) in [5, 5.41) is 9.48. The number of carbonyl (C=O) groups is 2. The molecule has 0 atom stereocenters. The van der Waals surface area contributed by atoms with Crippen molar-refractivity contribution in [1.29, 1.82) is 0 Å². The van der Waals surface area contributed by atoms with Gasteiger partial charge < -0.3 is 10.6 Å². The zero-order valence-electron chi connectivity index (χ0n) is 14.2. The summed E-state index contributed by atoms with van der Waals surface area (Å²) in [6.07, 6.45) is 1.76. The predicted octanol–water partition coefficient (Wildman–Crippen LogP) is 1.20. The van der Waals surface area contributed by atoms with Crippen LogP contribution in [-0.2, 0) is 6.54 Å². The van der Waals surface area contributed by atoms with Gasteiger partial charge in [0.2, 0.25) is 0 Å². The smallest absolute Gasteiger partial charge is 0.271 e. The summed E-state index contributed by atoms with van der Waals surface area (Å²) in [4.78, 5) is 35.7. The molecule has 2 aromatic rings. The summed E-state index contributed by atoms with van der Waals surface area (Å²) in [7, 11) is 0. The Morgan fingerprint density at radius 2 is 1.68 bits per heavy atom. The molecule has 0 saturated heterocycles. The van der Waals surface area contributed by atoms with E-state index >= 15 is 0 Å². The molecule has 1 aromatic heterocycles. The van der Waals surface area contributed by atoms with Gasteiger partial charge in [-0.2, -0.15) is 5.10 Å². The van der Waals surface area contributed by atoms with E-state index in [1.807, 2.05) is 13.0 Å². The molecular formula is C18H22N4O3. The molecule has 2 rings (SSSR count). The van der Waals surface area contributed by atoms with E-state index in [0.29, 0.717) is 18.7 Å². The number of aromatic nitrogens is 2. The van der Waals surface area contributed by atoms with Crippen LogP contribution in [0.4, 0.5) is 0 Å². The van der Waals surface area contributed by atoms with Gasteiger partial charge in [0.1, 0.15) is 5.69 Å². The van der Waals surface area contributed by atoms with Gasteiger partial charge in [0.15, 0.2) is 0 Å². The molecule has 132 valence electrons. The van der Waals surface area contributed by atoms with Gasteiger partial charge in [-0.1, -0.05) is 31.5 Å². The first kappa shape index (κ1) is 18.4. The third-order valence-electron chi connectivity index (χ3n) is 3.55. The van der Waals surface area contributed by atoms with Crippen molar-refractivity contribution in [2.45, 2.75) is 26.3 Å². The van der Waals surface area contributed by atoms with Crippen molar-refractivity contribution in [1.82, 2.24) is 20.4 Å². The van der Waals surface area contributed by atoms with Crippen molar-refractivity contribution in [2.24, 2.45) is 0 Å². The Morgan fingerprint density at radius 3 is 2.36 bits per heavy atom. The number of nitrogens with one attached hydrogen (secondary N) is 2. The molecule has 0 aliphatic carbocycles. The third-order valence-corrected chi connectivity index (χ3v) is 3.55. The minimum Gasteiger partial charge on any atom is -0.350 e. The predicted molar refractivity (Wildman–Crippen MR) is 94.5 cm³/mol. The summed E-state index contributed by atoms with van der Waals surface area (Å²) >= 11 is 0. The lowest BCUT2D eigenvalue weighted by Crippen LogP contribution is -2.36. The van der Waals surface area contributed by atoms with Crippen molar-refractivity contribution in [3.63, 3.8) is 0 Å². The van der Waals surface area contributed by atoms with Crippen molar-refractivity contribution in [3.8, 4) is 0 Å². The maximum atomic E-state index is 12.1. The lowest BCUT2D eigenvalue weighted by atomic mass is 10.2. The van der Waals surface area contributed by atoms with Gasteiger partial charge in [-0.05, 0) is 24.6 Å². The number of carbonyl (C=O) groups excluding carboxylic acids is 2. The number of hydrogen-bond donors (Lipinski definition) is 2. The van der Waals surface area contributed by atoms with E-state index < -0.39 is 0 Å². The summed E-state index contributed by atoms with van der Waals surface area (Å²) in [5.41, 5.74) is 0.531. The molecule has 0 radical (unpaired) electrons. The number of hydrogen-bond acceptors (Lipinski definition) is 4. The molecule has 0 unspecified atom stereocenters. The van der Waals surface area contributed by atoms with Crippen LogP contribution < -0.4 is 16.2 Å². The quantitative estimate of drug-likeness (QED) is 0.705. The highest BCUT2D eigenvalue weighted by atomic mass is 16.2. The minimum atomic E-state index is -0.376. The highest BCUT2D eigenvalue weighted by molar-refractivity contribution is 5.94. The molecule has 2 amide bonds. The number of unbranched alkanes of at least 4 members (excludes halogenated alkanes) is 1. The molecule has 2 N–H and O–H groups in total. The number of rotatable bonds is 8. The molecule has 0 aliphatic rings. The fourth-order valence-corrected chi connectivity index (χ4v) is 2.17. The van der Waals surface area contributed by atoms with Gasteiger partial charge in [-0.25, -0.2) is 4.68 Å². The zero-order valence-corrected chi connectivity index (χ0v) is 14.2. The van der Waals surface area contributed by atoms with E-state index in [-0.39, 0.29) is 29.6 Å². The average molecular weight is 342 g/mol. The Bertz CT molecular complexity index is 771. The lowest BCUT2D eigenvalue weighted by Gasteiger charge is -2.08. The van der Waals surface area contributed by atoms with Gasteiger partial charge in [0.05, 0.1) is 0 Å². The monoisotopic (exact) mass is 342 g/mol. The van der Waals surface area contributed by atoms with Crippen LogP contribution in [-0.4, -0.2) is 34.7 Å². The first-order chi connectivity index (χ1) is 12.1. The van der Waals surface area contributed by atoms with Gasteiger partial charge in [-0.15, -0.1) is 0 Å². The van der Waals surface area contributed by atoms with Crippen molar-refractivity contribution < 1.29 is 9.59 Å². The first-order valence-electron chi connectivity index (χ1n) is 8.31. The van der Waals surface area contributed by atoms with Crippen LogP contribution in [0, 0.1) is 0 Å². The molecule has 25 heavy (non-hydrogen) atoms. The van der Waals surface area contributed by atoms with Crippen molar-refractivity contribution >= 4 is 11.8 Å². The molecular weight excluding hydrogens is 320 g/mol. The van der Waals surface area contributed by atoms with Crippen LogP contribution in [0.5, 0.6) is 0 Å². The number of benzene rings is 1. The summed E-state index contributed by atoms with van der Waals surface area (Å²) in [6.45, 7) is 3.08. The molecule has 0 saturated carbocycles. The first-order valence-corrected chi connectivity index (χ1v) is 8.31. The highest BCUT2D eigenvalue weighted by Gasteiger charge is 2.09. The topological polar surface area (TPSA) is 93.1 Å². The molecule has 7 nitrogen and oxygen atoms in total. The van der Waals surface area contributed by atoms with Crippen LogP contribution in [0.25, 0.3) is 0 Å². The maximum Gasteiger partial charge on any atom is 0.271 e. The zero-order chi connectivity index (χ0) is 18.1. The van der Waals surface area contributed by atoms with Crippen molar-refractivity contribution in [3.05, 3.63) is 64.1 Å². The number of aryl methyl sites for hydroxylation is 1. The van der Waals surface area contributed by atoms with Crippen LogP contribution >= 0.6 is 0 Å². The van der Waals surface area contributed by atoms with Crippen LogP contribution in [0.1, 0.15) is 40.6 Å². The summed E-state index contributed by atoms with van der Waals surface area (Å²) in [5.74, 6) is -0.569. The molecule has 0 spiro atoms. The van der Waals surface area contributed by atoms with Crippen molar-refractivity contribution in [2.75, 3.05) is 13.1 Å². The van der Waals surface area contributed by atoms with Gasteiger partial charge in [-0.3, -0.25) is 14.4 Å². The van der Waals surface area contributed by atoms with E-state index in [9.17, 15) is 14.4 Å². The van der Waals surface area contributed by atoms with Crippen LogP contribution in [0.2, 0.25) is 0 Å². The number of amides is 2. The number of nitrogens with zero attached hydrogens (tertiary/aromatic N) is 2. The fraction of sp³-hybridized carbons (Fsp3) is 0.333. The van der Waals surface area contributed by atoms with Crippen LogP contribution in [0.3, 0.4) is 0 Å². The minimum absolute atomic E-state index is 0.185. The van der Waals surface area contributed by atoms with E-state index in [1.54, 1.807) is 24.3 Å². The second-order valence-electron chi connectivity index (χ2n) is 5.51. The van der Waals surface area contributed by atoms with Crippen LogP contribution in [0.15, 0.2) is 47.3 Å². The van der Waals surface area contributed by atoms with Gasteiger partial charge >= 0.3 is 0 Å². The molecule has 0 aliphatic heterocycles. The second-order valence-corrected chi connectivity index (χ2v) is 5.51. The van der Waals surface area contributed by atoms with Gasteiger partial charge in [0.25, 0.3) is 17.4 Å². The largest absolute Gasteiger partial charge is 0.350 e.